The highest BCUT2D eigenvalue weighted by atomic mass is 16.7. The number of rotatable bonds is 4. The van der Waals surface area contributed by atoms with Gasteiger partial charge in [-0.3, -0.25) is 0 Å². The summed E-state index contributed by atoms with van der Waals surface area (Å²) in [6, 6.07) is 0. The minimum Gasteiger partial charge on any atom is -0.394 e. The van der Waals surface area contributed by atoms with Crippen LogP contribution in [-0.4, -0.2) is 120 Å². The fourth-order valence-electron chi connectivity index (χ4n) is 2.82. The van der Waals surface area contributed by atoms with E-state index in [9.17, 15) is 35.7 Å². The zero-order valence-electron chi connectivity index (χ0n) is 12.0. The lowest BCUT2D eigenvalue weighted by Gasteiger charge is -2.43. The highest BCUT2D eigenvalue weighted by Gasteiger charge is 2.58. The third-order valence-electron chi connectivity index (χ3n) is 4.29. The fourth-order valence-corrected chi connectivity index (χ4v) is 2.82. The first-order valence-electron chi connectivity index (χ1n) is 7.03. The maximum absolute atomic E-state index is 10.2. The van der Waals surface area contributed by atoms with Gasteiger partial charge in [-0.2, -0.15) is 0 Å². The molecule has 10 atom stereocenters. The maximum Gasteiger partial charge on any atom is 0.219 e. The Kier molecular flexibility index (Phi) is 5.60. The molecule has 11 nitrogen and oxygen atoms in total. The number of aliphatic hydroxyl groups excluding tert-OH is 8. The molecule has 2 rings (SSSR count). The molecule has 23 heavy (non-hydrogen) atoms. The number of aliphatic hydroxyl groups is 9. The second-order valence-corrected chi connectivity index (χ2v) is 5.80. The molecule has 2 heterocycles. The molecule has 0 amide bonds. The molecule has 0 spiro atoms. The van der Waals surface area contributed by atoms with Crippen molar-refractivity contribution in [3.8, 4) is 0 Å². The Morgan fingerprint density at radius 2 is 1.48 bits per heavy atom. The van der Waals surface area contributed by atoms with E-state index in [1.54, 1.807) is 0 Å². The number of hydrogen-bond donors (Lipinski definition) is 9. The van der Waals surface area contributed by atoms with Crippen molar-refractivity contribution in [3.63, 3.8) is 0 Å². The number of hydrogen-bond acceptors (Lipinski definition) is 11. The molecule has 11 heteroatoms. The van der Waals surface area contributed by atoms with Crippen LogP contribution < -0.4 is 0 Å². The van der Waals surface area contributed by atoms with E-state index >= 15 is 0 Å². The molecule has 0 radical (unpaired) electrons. The van der Waals surface area contributed by atoms with Gasteiger partial charge in [0.1, 0.15) is 54.9 Å². The predicted molar refractivity (Wildman–Crippen MR) is 68.7 cm³/mol. The lowest BCUT2D eigenvalue weighted by Crippen LogP contribution is -2.63. The quantitative estimate of drug-likeness (QED) is 0.235. The van der Waals surface area contributed by atoms with Crippen molar-refractivity contribution >= 4 is 0 Å². The van der Waals surface area contributed by atoms with Crippen molar-refractivity contribution in [1.29, 1.82) is 0 Å². The molecule has 0 saturated carbocycles. The van der Waals surface area contributed by atoms with Crippen molar-refractivity contribution in [2.75, 3.05) is 13.2 Å². The maximum atomic E-state index is 10.2. The van der Waals surface area contributed by atoms with Gasteiger partial charge in [0.05, 0.1) is 13.2 Å². The van der Waals surface area contributed by atoms with E-state index in [0.29, 0.717) is 0 Å². The molecule has 0 aromatic carbocycles. The van der Waals surface area contributed by atoms with Crippen molar-refractivity contribution in [2.45, 2.75) is 60.7 Å². The van der Waals surface area contributed by atoms with E-state index < -0.39 is 73.9 Å². The van der Waals surface area contributed by atoms with Crippen LogP contribution in [-0.2, 0) is 9.47 Å². The van der Waals surface area contributed by atoms with E-state index in [4.69, 9.17) is 19.7 Å². The van der Waals surface area contributed by atoms with Gasteiger partial charge in [-0.15, -0.1) is 0 Å². The van der Waals surface area contributed by atoms with Crippen LogP contribution in [0.3, 0.4) is 0 Å². The average molecular weight is 342 g/mol. The molecule has 0 aliphatic carbocycles. The second kappa shape index (κ2) is 6.82. The van der Waals surface area contributed by atoms with Crippen LogP contribution in [0.15, 0.2) is 0 Å². The van der Waals surface area contributed by atoms with E-state index in [2.05, 4.69) is 0 Å². The first kappa shape index (κ1) is 18.9. The molecular formula is C12H22O11. The number of ether oxygens (including phenoxy) is 2. The van der Waals surface area contributed by atoms with Gasteiger partial charge >= 0.3 is 0 Å². The van der Waals surface area contributed by atoms with Crippen molar-refractivity contribution in [2.24, 2.45) is 0 Å². The van der Waals surface area contributed by atoms with Gasteiger partial charge in [-0.1, -0.05) is 0 Å². The normalized spacial score (nSPS) is 52.6. The van der Waals surface area contributed by atoms with Crippen LogP contribution in [0.4, 0.5) is 0 Å². The first-order chi connectivity index (χ1) is 10.7. The molecule has 0 aromatic heterocycles. The van der Waals surface area contributed by atoms with Gasteiger partial charge in [0.2, 0.25) is 5.79 Å². The van der Waals surface area contributed by atoms with Crippen molar-refractivity contribution in [1.82, 2.24) is 0 Å². The highest BCUT2D eigenvalue weighted by molar-refractivity contribution is 5.03. The van der Waals surface area contributed by atoms with E-state index in [0.717, 1.165) is 0 Å². The van der Waals surface area contributed by atoms with Crippen LogP contribution in [0.5, 0.6) is 0 Å². The van der Waals surface area contributed by atoms with Crippen LogP contribution >= 0.6 is 0 Å². The summed E-state index contributed by atoms with van der Waals surface area (Å²) in [6.07, 6.45) is -15.3. The summed E-state index contributed by atoms with van der Waals surface area (Å²) in [6.45, 7) is -1.78. The topological polar surface area (TPSA) is 201 Å². The summed E-state index contributed by atoms with van der Waals surface area (Å²) in [5, 5.41) is 86.9. The first-order valence-corrected chi connectivity index (χ1v) is 7.03. The van der Waals surface area contributed by atoms with E-state index in [1.165, 1.54) is 0 Å². The molecule has 136 valence electrons. The molecule has 2 saturated heterocycles. The Labute approximate surface area is 130 Å². The Bertz CT molecular complexity index is 406. The summed E-state index contributed by atoms with van der Waals surface area (Å²) in [4.78, 5) is 0. The summed E-state index contributed by atoms with van der Waals surface area (Å²) < 4.78 is 9.99. The summed E-state index contributed by atoms with van der Waals surface area (Å²) in [7, 11) is 0. The van der Waals surface area contributed by atoms with Crippen molar-refractivity contribution < 1.29 is 55.4 Å². The third-order valence-corrected chi connectivity index (χ3v) is 4.29. The average Bonchev–Trinajstić information content (AvgIpc) is 2.77. The molecular weight excluding hydrogens is 320 g/mol. The minimum absolute atomic E-state index is 0.717. The van der Waals surface area contributed by atoms with Crippen LogP contribution in [0.2, 0.25) is 0 Å². The SMILES string of the molecule is OC[C@H]1O[C@H](C(O)[C@H]2OC(O)(CO)[C@@H](O)[C@@H]2O)[C@H](O)[C@@H](O)[C@@H]1O. The highest BCUT2D eigenvalue weighted by Crippen LogP contribution is 2.34. The molecule has 0 bridgehead atoms. The van der Waals surface area contributed by atoms with Gasteiger partial charge in [0.25, 0.3) is 0 Å². The van der Waals surface area contributed by atoms with Gasteiger partial charge in [0, 0.05) is 0 Å². The molecule has 2 aliphatic rings. The Morgan fingerprint density at radius 3 is 1.96 bits per heavy atom. The minimum atomic E-state index is -2.51. The third kappa shape index (κ3) is 3.10. The Balaban J connectivity index is 2.17. The van der Waals surface area contributed by atoms with Crippen LogP contribution in [0.25, 0.3) is 0 Å². The molecule has 0 aromatic rings. The Hall–Kier alpha value is -0.440. The summed E-state index contributed by atoms with van der Waals surface area (Å²) in [5.74, 6) is -2.51. The van der Waals surface area contributed by atoms with E-state index in [1.807, 2.05) is 0 Å². The molecule has 2 fully saturated rings. The van der Waals surface area contributed by atoms with Gasteiger partial charge < -0.3 is 55.4 Å². The second-order valence-electron chi connectivity index (χ2n) is 5.80. The lowest BCUT2D eigenvalue weighted by atomic mass is 9.89. The van der Waals surface area contributed by atoms with Crippen LogP contribution in [0, 0.1) is 0 Å². The zero-order chi connectivity index (χ0) is 17.5. The van der Waals surface area contributed by atoms with Crippen LogP contribution in [0.1, 0.15) is 0 Å². The zero-order valence-corrected chi connectivity index (χ0v) is 12.0. The van der Waals surface area contributed by atoms with Crippen molar-refractivity contribution in [3.05, 3.63) is 0 Å². The standard InChI is InChI=1S/C12H22O11/c13-1-3-4(15)5(16)6(17)9(22-3)7(18)10-8(19)11(20)12(21,2-14)23-10/h3-11,13-21H,1-2H2/t3-,4-,5+,6-,7?,8-,9+,10-,11+,12?/m1/s1. The van der Waals surface area contributed by atoms with Gasteiger partial charge in [-0.25, -0.2) is 0 Å². The predicted octanol–water partition coefficient (Wildman–Crippen LogP) is -6.01. The molecule has 2 aliphatic heterocycles. The summed E-state index contributed by atoms with van der Waals surface area (Å²) >= 11 is 0. The monoisotopic (exact) mass is 342 g/mol. The van der Waals surface area contributed by atoms with E-state index in [-0.39, 0.29) is 0 Å². The largest absolute Gasteiger partial charge is 0.394 e. The smallest absolute Gasteiger partial charge is 0.219 e. The van der Waals surface area contributed by atoms with Gasteiger partial charge in [0.15, 0.2) is 0 Å². The molecule has 9 N–H and O–H groups in total. The molecule has 2 unspecified atom stereocenters. The lowest BCUT2D eigenvalue weighted by molar-refractivity contribution is -0.283. The fraction of sp³-hybridized carbons (Fsp3) is 1.00. The summed E-state index contributed by atoms with van der Waals surface area (Å²) in [5.41, 5.74) is 0. The Morgan fingerprint density at radius 1 is 0.870 bits per heavy atom. The van der Waals surface area contributed by atoms with Gasteiger partial charge in [-0.05, 0) is 0 Å².